The third-order valence-electron chi connectivity index (χ3n) is 4.05. The molecule has 2 rings (SSSR count). The van der Waals surface area contributed by atoms with Crippen LogP contribution in [0, 0.1) is 5.41 Å². The quantitative estimate of drug-likeness (QED) is 0.894. The summed E-state index contributed by atoms with van der Waals surface area (Å²) in [4.78, 5) is 16.1. The average molecular weight is 267 g/mol. The van der Waals surface area contributed by atoms with Gasteiger partial charge in [-0.3, -0.25) is 4.79 Å². The largest absolute Gasteiger partial charge is 0.388 e. The van der Waals surface area contributed by atoms with E-state index in [1.807, 2.05) is 32.9 Å². The number of carbonyl (C=O) groups is 1. The average Bonchev–Trinajstić information content (AvgIpc) is 2.81. The summed E-state index contributed by atoms with van der Waals surface area (Å²) in [5.41, 5.74) is -1.07. The van der Waals surface area contributed by atoms with Crippen LogP contribution in [0.25, 0.3) is 0 Å². The van der Waals surface area contributed by atoms with Gasteiger partial charge in [0.25, 0.3) is 5.91 Å². The molecule has 1 fully saturated rings. The molecule has 18 heavy (non-hydrogen) atoms. The van der Waals surface area contributed by atoms with Gasteiger partial charge >= 0.3 is 0 Å². The first-order valence-electron chi connectivity index (χ1n) is 6.37. The van der Waals surface area contributed by atoms with Crippen molar-refractivity contribution in [2.45, 2.75) is 39.7 Å². The summed E-state index contributed by atoms with van der Waals surface area (Å²) in [6.07, 6.45) is 0.959. The van der Waals surface area contributed by atoms with Crippen molar-refractivity contribution in [2.24, 2.45) is 5.41 Å². The summed E-state index contributed by atoms with van der Waals surface area (Å²) in [6, 6.07) is 3.91. The number of nitrogens with zero attached hydrogens (tertiary/aromatic N) is 1. The van der Waals surface area contributed by atoms with E-state index in [4.69, 9.17) is 0 Å². The van der Waals surface area contributed by atoms with E-state index in [1.54, 1.807) is 16.2 Å². The van der Waals surface area contributed by atoms with Crippen LogP contribution < -0.4 is 0 Å². The molecule has 1 aliphatic heterocycles. The second-order valence-electron chi connectivity index (χ2n) is 5.94. The van der Waals surface area contributed by atoms with Crippen LogP contribution in [0.2, 0.25) is 0 Å². The lowest BCUT2D eigenvalue weighted by molar-refractivity contribution is -0.0108. The summed E-state index contributed by atoms with van der Waals surface area (Å²) < 4.78 is 0. The van der Waals surface area contributed by atoms with Crippen molar-refractivity contribution in [1.82, 2.24) is 4.90 Å². The predicted octanol–water partition coefficient (Wildman–Crippen LogP) is 2.54. The van der Waals surface area contributed by atoms with Crippen molar-refractivity contribution in [3.8, 4) is 0 Å². The molecule has 1 aromatic rings. The lowest BCUT2D eigenvalue weighted by Gasteiger charge is -2.30. The van der Waals surface area contributed by atoms with E-state index in [2.05, 4.69) is 6.92 Å². The number of hydrogen-bond donors (Lipinski definition) is 1. The highest BCUT2D eigenvalue weighted by Crippen LogP contribution is 2.39. The second kappa shape index (κ2) is 4.35. The zero-order valence-corrected chi connectivity index (χ0v) is 12.3. The summed E-state index contributed by atoms with van der Waals surface area (Å²) >= 11 is 1.56. The van der Waals surface area contributed by atoms with Crippen LogP contribution in [0.5, 0.6) is 0 Å². The van der Waals surface area contributed by atoms with Gasteiger partial charge in [-0.15, -0.1) is 11.3 Å². The molecule has 1 N–H and O–H groups in total. The Morgan fingerprint density at radius 2 is 2.06 bits per heavy atom. The lowest BCUT2D eigenvalue weighted by Crippen LogP contribution is -2.40. The molecule has 1 saturated heterocycles. The third-order valence-corrected chi connectivity index (χ3v) is 5.27. The maximum Gasteiger partial charge on any atom is 0.264 e. The van der Waals surface area contributed by atoms with Gasteiger partial charge in [0.05, 0.1) is 17.0 Å². The molecule has 1 amide bonds. The number of amides is 1. The Balaban J connectivity index is 2.17. The van der Waals surface area contributed by atoms with Crippen molar-refractivity contribution < 1.29 is 9.90 Å². The normalized spacial score (nSPS) is 26.6. The Hall–Kier alpha value is -0.870. The number of carbonyl (C=O) groups excluding carboxylic acids is 1. The maximum absolute atomic E-state index is 12.4. The van der Waals surface area contributed by atoms with E-state index in [9.17, 15) is 9.90 Å². The van der Waals surface area contributed by atoms with Crippen molar-refractivity contribution in [3.05, 3.63) is 21.9 Å². The van der Waals surface area contributed by atoms with E-state index in [0.29, 0.717) is 13.1 Å². The minimum Gasteiger partial charge on any atom is -0.388 e. The molecule has 0 bridgehead atoms. The lowest BCUT2D eigenvalue weighted by atomic mass is 9.79. The van der Waals surface area contributed by atoms with Crippen LogP contribution >= 0.6 is 11.3 Å². The van der Waals surface area contributed by atoms with Gasteiger partial charge in [-0.1, -0.05) is 20.8 Å². The van der Waals surface area contributed by atoms with Crippen LogP contribution in [0.1, 0.15) is 42.2 Å². The van der Waals surface area contributed by atoms with Crippen molar-refractivity contribution in [1.29, 1.82) is 0 Å². The van der Waals surface area contributed by atoms with Crippen LogP contribution in [0.3, 0.4) is 0 Å². The molecule has 0 saturated carbocycles. The topological polar surface area (TPSA) is 40.5 Å². The Morgan fingerprint density at radius 3 is 2.50 bits per heavy atom. The standard InChI is InChI=1S/C14H21NO2S/c1-5-10-6-7-11(18-10)12(16)15-8-13(2,3)14(4,17)9-15/h6-7,17H,5,8-9H2,1-4H3. The number of thiophene rings is 1. The van der Waals surface area contributed by atoms with E-state index in [-0.39, 0.29) is 11.3 Å². The molecule has 2 heterocycles. The monoisotopic (exact) mass is 267 g/mol. The van der Waals surface area contributed by atoms with Gasteiger partial charge in [0.2, 0.25) is 0 Å². The zero-order chi connectivity index (χ0) is 13.6. The second-order valence-corrected chi connectivity index (χ2v) is 7.11. The molecular weight excluding hydrogens is 246 g/mol. The maximum atomic E-state index is 12.4. The fraction of sp³-hybridized carbons (Fsp3) is 0.643. The minimum atomic E-state index is -0.812. The molecule has 3 nitrogen and oxygen atoms in total. The first kappa shape index (κ1) is 13.6. The molecule has 0 aromatic carbocycles. The fourth-order valence-corrected chi connectivity index (χ4v) is 3.19. The predicted molar refractivity (Wildman–Crippen MR) is 74.0 cm³/mol. The summed E-state index contributed by atoms with van der Waals surface area (Å²) in [5.74, 6) is 0.0468. The van der Waals surface area contributed by atoms with Crippen molar-refractivity contribution >= 4 is 17.2 Å². The van der Waals surface area contributed by atoms with Gasteiger partial charge in [-0.25, -0.2) is 0 Å². The summed E-state index contributed by atoms with van der Waals surface area (Å²) in [6.45, 7) is 8.94. The third kappa shape index (κ3) is 2.19. The number of likely N-dealkylation sites (tertiary alicyclic amines) is 1. The Kier molecular flexibility index (Phi) is 3.28. The van der Waals surface area contributed by atoms with Crippen LogP contribution in [-0.2, 0) is 6.42 Å². The molecule has 1 aliphatic rings. The number of rotatable bonds is 2. The highest BCUT2D eigenvalue weighted by molar-refractivity contribution is 7.14. The molecule has 1 aromatic heterocycles. The Labute approximate surface area is 112 Å². The van der Waals surface area contributed by atoms with E-state index >= 15 is 0 Å². The minimum absolute atomic E-state index is 0.0468. The van der Waals surface area contributed by atoms with E-state index in [0.717, 1.165) is 11.3 Å². The first-order chi connectivity index (χ1) is 8.27. The van der Waals surface area contributed by atoms with Gasteiger partial charge < -0.3 is 10.0 Å². The van der Waals surface area contributed by atoms with Gasteiger partial charge in [0.1, 0.15) is 0 Å². The first-order valence-corrected chi connectivity index (χ1v) is 7.19. The highest BCUT2D eigenvalue weighted by atomic mass is 32.1. The fourth-order valence-electron chi connectivity index (χ4n) is 2.27. The molecule has 0 aliphatic carbocycles. The molecule has 1 unspecified atom stereocenters. The van der Waals surface area contributed by atoms with Gasteiger partial charge in [-0.05, 0) is 25.5 Å². The molecule has 1 atom stereocenters. The summed E-state index contributed by atoms with van der Waals surface area (Å²) in [5, 5.41) is 10.3. The molecule has 4 heteroatoms. The number of hydrogen-bond acceptors (Lipinski definition) is 3. The molecule has 0 spiro atoms. The summed E-state index contributed by atoms with van der Waals surface area (Å²) in [7, 11) is 0. The highest BCUT2D eigenvalue weighted by Gasteiger charge is 2.49. The number of aliphatic hydroxyl groups is 1. The van der Waals surface area contributed by atoms with E-state index in [1.165, 1.54) is 4.88 Å². The molecule has 100 valence electrons. The molecular formula is C14H21NO2S. The van der Waals surface area contributed by atoms with Crippen molar-refractivity contribution in [2.75, 3.05) is 13.1 Å². The van der Waals surface area contributed by atoms with Crippen LogP contribution in [0.4, 0.5) is 0 Å². The Morgan fingerprint density at radius 1 is 1.39 bits per heavy atom. The van der Waals surface area contributed by atoms with Gasteiger partial charge in [-0.2, -0.15) is 0 Å². The van der Waals surface area contributed by atoms with E-state index < -0.39 is 5.60 Å². The van der Waals surface area contributed by atoms with Gasteiger partial charge in [0.15, 0.2) is 0 Å². The zero-order valence-electron chi connectivity index (χ0n) is 11.5. The van der Waals surface area contributed by atoms with Gasteiger partial charge in [0, 0.05) is 16.8 Å². The smallest absolute Gasteiger partial charge is 0.264 e. The number of aryl methyl sites for hydroxylation is 1. The van der Waals surface area contributed by atoms with Crippen molar-refractivity contribution in [3.63, 3.8) is 0 Å². The Bertz CT molecular complexity index is 446. The SMILES string of the molecule is CCc1ccc(C(=O)N2CC(C)(C)C(C)(O)C2)s1. The number of β-amino-alcohol motifs (C(OH)–C–C–N with tert-alkyl or cyclic N) is 1. The van der Waals surface area contributed by atoms with Crippen LogP contribution in [0.15, 0.2) is 12.1 Å². The molecule has 0 radical (unpaired) electrons. The van der Waals surface area contributed by atoms with Crippen LogP contribution in [-0.4, -0.2) is 34.6 Å².